The number of likely N-dealkylation sites (tertiary alicyclic amines) is 1. The van der Waals surface area contributed by atoms with Crippen molar-refractivity contribution in [1.82, 2.24) is 14.8 Å². The number of fused-ring (bicyclic) bond motifs is 1. The molecule has 0 aromatic carbocycles. The third kappa shape index (κ3) is 5.60. The second kappa shape index (κ2) is 10.4. The number of hydrogen-bond donors (Lipinski definition) is 3. The smallest absolute Gasteiger partial charge is 0.258 e. The molecule has 0 saturated carbocycles. The van der Waals surface area contributed by atoms with Crippen LogP contribution in [0.3, 0.4) is 0 Å². The Bertz CT molecular complexity index is 1000. The van der Waals surface area contributed by atoms with E-state index < -0.39 is 11.8 Å². The van der Waals surface area contributed by atoms with Crippen molar-refractivity contribution in [2.75, 3.05) is 39.4 Å². The van der Waals surface area contributed by atoms with E-state index in [0.29, 0.717) is 44.1 Å². The number of nitrogens with one attached hydrogen (secondary N) is 1. The molecule has 7 heteroatoms. The van der Waals surface area contributed by atoms with Gasteiger partial charge in [-0.2, -0.15) is 0 Å². The summed E-state index contributed by atoms with van der Waals surface area (Å²) in [6.07, 6.45) is 6.60. The van der Waals surface area contributed by atoms with Crippen LogP contribution >= 0.6 is 0 Å². The normalized spacial score (nSPS) is 22.8. The summed E-state index contributed by atoms with van der Waals surface area (Å²) in [5.74, 6) is 0.451. The molecule has 0 bridgehead atoms. The van der Waals surface area contributed by atoms with Crippen LogP contribution < -0.4 is 21.4 Å². The predicted molar refractivity (Wildman–Crippen MR) is 130 cm³/mol. The molecule has 1 aliphatic carbocycles. The molecular formula is C26H41N3O4. The molecule has 3 heterocycles. The van der Waals surface area contributed by atoms with E-state index in [0.717, 1.165) is 55.9 Å². The van der Waals surface area contributed by atoms with Crippen molar-refractivity contribution in [2.45, 2.75) is 77.2 Å². The third-order valence-corrected chi connectivity index (χ3v) is 7.68. The minimum Gasteiger partial charge on any atom is -0.388 e. The van der Waals surface area contributed by atoms with E-state index >= 15 is 0 Å². The average Bonchev–Trinajstić information content (AvgIpc) is 2.78. The Morgan fingerprint density at radius 2 is 1.94 bits per heavy atom. The minimum atomic E-state index is -0.969. The van der Waals surface area contributed by atoms with Crippen molar-refractivity contribution in [3.8, 4) is 0 Å². The molecule has 184 valence electrons. The summed E-state index contributed by atoms with van der Waals surface area (Å²) in [6, 6.07) is 1.94. The van der Waals surface area contributed by atoms with Crippen molar-refractivity contribution in [3.63, 3.8) is 0 Å². The van der Waals surface area contributed by atoms with Gasteiger partial charge < -0.3 is 24.4 Å². The first-order valence-corrected chi connectivity index (χ1v) is 12.7. The first-order valence-electron chi connectivity index (χ1n) is 12.7. The van der Waals surface area contributed by atoms with E-state index in [1.54, 1.807) is 0 Å². The van der Waals surface area contributed by atoms with Gasteiger partial charge in [0.1, 0.15) is 6.23 Å². The maximum atomic E-state index is 13.2. The van der Waals surface area contributed by atoms with Crippen LogP contribution in [0.2, 0.25) is 0 Å². The van der Waals surface area contributed by atoms with Gasteiger partial charge in [0, 0.05) is 50.5 Å². The molecule has 1 aromatic rings. The van der Waals surface area contributed by atoms with Gasteiger partial charge in [-0.1, -0.05) is 11.6 Å². The number of aliphatic hydroxyl groups excluding tert-OH is 1. The van der Waals surface area contributed by atoms with Crippen molar-refractivity contribution < 1.29 is 14.9 Å². The summed E-state index contributed by atoms with van der Waals surface area (Å²) in [4.78, 5) is 15.6. The molecule has 1 aromatic heterocycles. The lowest BCUT2D eigenvalue weighted by Gasteiger charge is -2.40. The van der Waals surface area contributed by atoms with Crippen LogP contribution in [-0.2, 0) is 4.74 Å². The maximum Gasteiger partial charge on any atom is 0.258 e. The molecule has 2 saturated heterocycles. The number of hydrogen-bond acceptors (Lipinski definition) is 6. The number of aliphatic hydroxyl groups is 2. The van der Waals surface area contributed by atoms with Gasteiger partial charge >= 0.3 is 0 Å². The second-order valence-corrected chi connectivity index (χ2v) is 10.6. The Morgan fingerprint density at radius 1 is 1.24 bits per heavy atom. The third-order valence-electron chi connectivity index (χ3n) is 7.68. The standard InChI is InChI=1S/C26H41N3O4/c1-18(2)29-23-6-4-5-19(3)21(23)15-22(25(29)31)24(30)27-16-20-7-11-28(12-8-20)17-26(32)9-13-33-14-10-26/h6,15,18,20,24,27,30,32H,4-5,7-14,16-17H2,1-3H3. The highest BCUT2D eigenvalue weighted by Gasteiger charge is 2.33. The molecule has 1 atom stereocenters. The Labute approximate surface area is 196 Å². The Kier molecular flexibility index (Phi) is 7.76. The molecule has 0 amide bonds. The zero-order chi connectivity index (χ0) is 23.6. The van der Waals surface area contributed by atoms with Gasteiger partial charge in [-0.15, -0.1) is 0 Å². The van der Waals surface area contributed by atoms with Crippen molar-refractivity contribution in [1.29, 1.82) is 0 Å². The largest absolute Gasteiger partial charge is 0.388 e. The summed E-state index contributed by atoms with van der Waals surface area (Å²) in [5.41, 5.74) is 0.994. The molecule has 3 N–H and O–H groups in total. The summed E-state index contributed by atoms with van der Waals surface area (Å²) < 4.78 is 7.22. The van der Waals surface area contributed by atoms with Crippen LogP contribution in [0.15, 0.2) is 10.9 Å². The van der Waals surface area contributed by atoms with Gasteiger partial charge in [-0.3, -0.25) is 10.1 Å². The second-order valence-electron chi connectivity index (χ2n) is 10.6. The van der Waals surface area contributed by atoms with Crippen LogP contribution in [0.1, 0.15) is 77.1 Å². The number of rotatable bonds is 7. The van der Waals surface area contributed by atoms with Crippen LogP contribution in [0, 0.1) is 5.92 Å². The molecule has 4 rings (SSSR count). The number of β-amino-alcohol motifs (C(OH)–C–C–N with tert-alkyl or cyclic N) is 1. The SMILES string of the molecule is CC1=c2cc(C(O)NCC3CCN(CC4(O)CCOCC4)CC3)c(=O)n(C(C)C)c2=CCC1. The topological polar surface area (TPSA) is 87.0 Å². The van der Waals surface area contributed by atoms with E-state index in [1.165, 1.54) is 5.57 Å². The molecule has 0 spiro atoms. The fourth-order valence-corrected chi connectivity index (χ4v) is 5.55. The van der Waals surface area contributed by atoms with Crippen LogP contribution in [0.25, 0.3) is 11.6 Å². The molecule has 2 fully saturated rings. The van der Waals surface area contributed by atoms with Crippen LogP contribution in [0.4, 0.5) is 0 Å². The Balaban J connectivity index is 1.38. The lowest BCUT2D eigenvalue weighted by Crippen LogP contribution is -2.50. The minimum absolute atomic E-state index is 0.0374. The highest BCUT2D eigenvalue weighted by Crippen LogP contribution is 2.25. The van der Waals surface area contributed by atoms with Crippen LogP contribution in [0.5, 0.6) is 0 Å². The maximum absolute atomic E-state index is 13.2. The lowest BCUT2D eigenvalue weighted by atomic mass is 9.91. The van der Waals surface area contributed by atoms with E-state index in [9.17, 15) is 15.0 Å². The lowest BCUT2D eigenvalue weighted by molar-refractivity contribution is -0.0830. The molecule has 3 aliphatic rings. The quantitative estimate of drug-likeness (QED) is 0.528. The zero-order valence-corrected chi connectivity index (χ0v) is 20.5. The highest BCUT2D eigenvalue weighted by molar-refractivity contribution is 5.48. The molecule has 1 unspecified atom stereocenters. The molecule has 0 radical (unpaired) electrons. The predicted octanol–water partition coefficient (Wildman–Crippen LogP) is 1.01. The summed E-state index contributed by atoms with van der Waals surface area (Å²) >= 11 is 0. The number of ether oxygens (including phenoxy) is 1. The van der Waals surface area contributed by atoms with E-state index in [-0.39, 0.29) is 11.6 Å². The monoisotopic (exact) mass is 459 g/mol. The summed E-state index contributed by atoms with van der Waals surface area (Å²) in [5, 5.41) is 27.0. The van der Waals surface area contributed by atoms with Crippen molar-refractivity contribution in [2.24, 2.45) is 5.92 Å². The Hall–Kier alpha value is -1.51. The number of aromatic nitrogens is 1. The highest BCUT2D eigenvalue weighted by atomic mass is 16.5. The van der Waals surface area contributed by atoms with E-state index in [2.05, 4.69) is 23.2 Å². The molecule has 7 nitrogen and oxygen atoms in total. The summed E-state index contributed by atoms with van der Waals surface area (Å²) in [7, 11) is 0. The average molecular weight is 460 g/mol. The van der Waals surface area contributed by atoms with E-state index in [1.807, 2.05) is 24.5 Å². The van der Waals surface area contributed by atoms with Gasteiger partial charge in [-0.25, -0.2) is 0 Å². The van der Waals surface area contributed by atoms with Gasteiger partial charge in [0.2, 0.25) is 0 Å². The van der Waals surface area contributed by atoms with Crippen LogP contribution in [-0.4, -0.2) is 64.7 Å². The number of piperidine rings is 1. The van der Waals surface area contributed by atoms with Crippen molar-refractivity contribution in [3.05, 3.63) is 32.6 Å². The first kappa shape index (κ1) is 24.6. The molecule has 33 heavy (non-hydrogen) atoms. The van der Waals surface area contributed by atoms with Crippen molar-refractivity contribution >= 4 is 11.6 Å². The molecule has 2 aliphatic heterocycles. The van der Waals surface area contributed by atoms with Gasteiger partial charge in [0.15, 0.2) is 0 Å². The fourth-order valence-electron chi connectivity index (χ4n) is 5.55. The first-order chi connectivity index (χ1) is 15.8. The summed E-state index contributed by atoms with van der Waals surface area (Å²) in [6.45, 7) is 10.8. The van der Waals surface area contributed by atoms with E-state index in [4.69, 9.17) is 4.74 Å². The Morgan fingerprint density at radius 3 is 2.61 bits per heavy atom. The number of pyridine rings is 1. The fraction of sp³-hybridized carbons (Fsp3) is 0.731. The van der Waals surface area contributed by atoms with Gasteiger partial charge in [0.25, 0.3) is 5.56 Å². The zero-order valence-electron chi connectivity index (χ0n) is 20.5. The molecular weight excluding hydrogens is 418 g/mol. The number of nitrogens with zero attached hydrogens (tertiary/aromatic N) is 2. The van der Waals surface area contributed by atoms with Gasteiger partial charge in [-0.05, 0) is 76.7 Å². The van der Waals surface area contributed by atoms with Gasteiger partial charge in [0.05, 0.1) is 11.2 Å².